The van der Waals surface area contributed by atoms with E-state index in [4.69, 9.17) is 14.2 Å². The van der Waals surface area contributed by atoms with Crippen LogP contribution in [0.25, 0.3) is 0 Å². The summed E-state index contributed by atoms with van der Waals surface area (Å²) in [6, 6.07) is 10.6. The first kappa shape index (κ1) is 28.7. The van der Waals surface area contributed by atoms with E-state index in [9.17, 15) is 4.79 Å². The molecule has 0 fully saturated rings. The van der Waals surface area contributed by atoms with Gasteiger partial charge in [-0.1, -0.05) is 78.1 Å². The summed E-state index contributed by atoms with van der Waals surface area (Å²) in [6.45, 7) is 7.22. The van der Waals surface area contributed by atoms with Crippen molar-refractivity contribution in [1.29, 1.82) is 0 Å². The van der Waals surface area contributed by atoms with Crippen molar-refractivity contribution >= 4 is 5.97 Å². The van der Waals surface area contributed by atoms with Gasteiger partial charge >= 0.3 is 5.97 Å². The van der Waals surface area contributed by atoms with Crippen LogP contribution >= 0.6 is 0 Å². The number of carbonyl (C=O) groups excluding carboxylic acids is 1. The lowest BCUT2D eigenvalue weighted by atomic mass is 10.1. The second-order valence-corrected chi connectivity index (χ2v) is 9.35. The lowest BCUT2D eigenvalue weighted by Gasteiger charge is -2.13. The van der Waals surface area contributed by atoms with Crippen molar-refractivity contribution in [1.82, 2.24) is 4.98 Å². The second-order valence-electron chi connectivity index (χ2n) is 9.35. The predicted molar refractivity (Wildman–Crippen MR) is 143 cm³/mol. The molecule has 1 aromatic heterocycles. The van der Waals surface area contributed by atoms with Gasteiger partial charge in [-0.15, -0.1) is 0 Å². The summed E-state index contributed by atoms with van der Waals surface area (Å²) in [5.74, 6) is 1.36. The van der Waals surface area contributed by atoms with Crippen LogP contribution in [0.1, 0.15) is 115 Å². The summed E-state index contributed by atoms with van der Waals surface area (Å²) in [5.41, 5.74) is 0.392. The number of esters is 1. The molecule has 0 aliphatic rings. The van der Waals surface area contributed by atoms with Crippen LogP contribution in [-0.4, -0.2) is 23.7 Å². The molecule has 35 heavy (non-hydrogen) atoms. The number of carbonyl (C=O) groups is 1. The highest BCUT2D eigenvalue weighted by Gasteiger charge is 2.11. The maximum Gasteiger partial charge on any atom is 0.345 e. The van der Waals surface area contributed by atoms with E-state index in [-0.39, 0.29) is 6.10 Å². The Kier molecular flexibility index (Phi) is 14.6. The largest absolute Gasteiger partial charge is 0.494 e. The van der Waals surface area contributed by atoms with Gasteiger partial charge in [0.15, 0.2) is 0 Å². The van der Waals surface area contributed by atoms with Gasteiger partial charge in [-0.25, -0.2) is 9.78 Å². The summed E-state index contributed by atoms with van der Waals surface area (Å²) in [7, 11) is 0. The fourth-order valence-corrected chi connectivity index (χ4v) is 3.89. The molecule has 0 aliphatic heterocycles. The molecule has 0 saturated heterocycles. The highest BCUT2D eigenvalue weighted by Crippen LogP contribution is 2.20. The molecule has 194 valence electrons. The van der Waals surface area contributed by atoms with Gasteiger partial charge in [-0.05, 0) is 56.5 Å². The van der Waals surface area contributed by atoms with Crippen LogP contribution in [0.15, 0.2) is 42.6 Å². The Bertz CT molecular complexity index is 804. The lowest BCUT2D eigenvalue weighted by molar-refractivity contribution is 0.0734. The molecule has 0 radical (unpaired) electrons. The SMILES string of the molecule is CCCCCCCCCCOc1ccc(OC(=O)c2ccc(O[C@H](C)CCCCCC)nc2)cc1. The lowest BCUT2D eigenvalue weighted by Crippen LogP contribution is -2.13. The number of benzene rings is 1. The summed E-state index contributed by atoms with van der Waals surface area (Å²) in [4.78, 5) is 16.7. The standard InChI is InChI=1S/C30H45NO4/c1-4-6-8-10-11-12-13-15-23-33-27-18-20-28(21-19-27)35-30(32)26-17-22-29(31-24-26)34-25(3)16-14-9-7-5-2/h17-22,24-25H,4-16,23H2,1-3H3/t25-/m1/s1. The van der Waals surface area contributed by atoms with E-state index in [0.29, 0.717) is 23.8 Å². The van der Waals surface area contributed by atoms with Gasteiger partial charge in [0.25, 0.3) is 0 Å². The van der Waals surface area contributed by atoms with Crippen molar-refractivity contribution in [2.45, 2.75) is 110 Å². The summed E-state index contributed by atoms with van der Waals surface area (Å²) >= 11 is 0. The first-order valence-corrected chi connectivity index (χ1v) is 13.7. The zero-order valence-corrected chi connectivity index (χ0v) is 22.1. The number of rotatable bonds is 19. The molecule has 0 unspecified atom stereocenters. The fraction of sp³-hybridized carbons (Fsp3) is 0.600. The van der Waals surface area contributed by atoms with Crippen molar-refractivity contribution < 1.29 is 19.0 Å². The van der Waals surface area contributed by atoms with Crippen LogP contribution in [0, 0.1) is 0 Å². The quantitative estimate of drug-likeness (QED) is 0.114. The third kappa shape index (κ3) is 12.6. The molecule has 2 aromatic rings. The Morgan fingerprint density at radius 2 is 1.37 bits per heavy atom. The molecule has 0 N–H and O–H groups in total. The number of pyridine rings is 1. The minimum absolute atomic E-state index is 0.105. The van der Waals surface area contributed by atoms with E-state index in [1.807, 2.05) is 12.1 Å². The van der Waals surface area contributed by atoms with Crippen LogP contribution in [-0.2, 0) is 0 Å². The van der Waals surface area contributed by atoms with Crippen LogP contribution in [0.5, 0.6) is 17.4 Å². The molecule has 2 rings (SSSR count). The van der Waals surface area contributed by atoms with Gasteiger partial charge in [0.2, 0.25) is 5.88 Å². The van der Waals surface area contributed by atoms with Gasteiger partial charge in [-0.2, -0.15) is 0 Å². The predicted octanol–water partition coefficient (Wildman–Crippen LogP) is 8.56. The average molecular weight is 484 g/mol. The molecule has 0 amide bonds. The molecule has 0 spiro atoms. The molecule has 5 nitrogen and oxygen atoms in total. The minimum atomic E-state index is -0.440. The number of unbranched alkanes of at least 4 members (excludes halogenated alkanes) is 10. The molecule has 5 heteroatoms. The van der Waals surface area contributed by atoms with Crippen LogP contribution in [0.2, 0.25) is 0 Å². The first-order valence-electron chi connectivity index (χ1n) is 13.7. The monoisotopic (exact) mass is 483 g/mol. The van der Waals surface area contributed by atoms with Crippen LogP contribution in [0.3, 0.4) is 0 Å². The topological polar surface area (TPSA) is 57.7 Å². The normalized spacial score (nSPS) is 11.7. The fourth-order valence-electron chi connectivity index (χ4n) is 3.89. The van der Waals surface area contributed by atoms with E-state index < -0.39 is 5.97 Å². The zero-order valence-electron chi connectivity index (χ0n) is 22.1. The Morgan fingerprint density at radius 1 is 0.771 bits per heavy atom. The molecular formula is C30H45NO4. The Labute approximate surface area is 212 Å². The van der Waals surface area contributed by atoms with Crippen molar-refractivity contribution in [2.24, 2.45) is 0 Å². The summed E-state index contributed by atoms with van der Waals surface area (Å²) in [6.07, 6.45) is 17.7. The van der Waals surface area contributed by atoms with Gasteiger partial charge < -0.3 is 14.2 Å². The molecule has 1 heterocycles. The number of hydrogen-bond acceptors (Lipinski definition) is 5. The van der Waals surface area contributed by atoms with Gasteiger partial charge in [0.1, 0.15) is 11.5 Å². The number of nitrogens with zero attached hydrogens (tertiary/aromatic N) is 1. The van der Waals surface area contributed by atoms with E-state index in [1.165, 1.54) is 70.4 Å². The minimum Gasteiger partial charge on any atom is -0.494 e. The highest BCUT2D eigenvalue weighted by atomic mass is 16.5. The summed E-state index contributed by atoms with van der Waals surface area (Å²) in [5, 5.41) is 0. The van der Waals surface area contributed by atoms with E-state index in [2.05, 4.69) is 25.8 Å². The van der Waals surface area contributed by atoms with Crippen molar-refractivity contribution in [3.63, 3.8) is 0 Å². The van der Waals surface area contributed by atoms with E-state index >= 15 is 0 Å². The molecule has 0 saturated carbocycles. The number of aromatic nitrogens is 1. The van der Waals surface area contributed by atoms with Crippen molar-refractivity contribution in [2.75, 3.05) is 6.61 Å². The van der Waals surface area contributed by atoms with Crippen LogP contribution < -0.4 is 14.2 Å². The average Bonchev–Trinajstić information content (AvgIpc) is 2.87. The van der Waals surface area contributed by atoms with Gasteiger partial charge in [-0.3, -0.25) is 0 Å². The number of ether oxygens (including phenoxy) is 3. The highest BCUT2D eigenvalue weighted by molar-refractivity contribution is 5.90. The third-order valence-corrected chi connectivity index (χ3v) is 6.06. The van der Waals surface area contributed by atoms with E-state index in [1.54, 1.807) is 24.3 Å². The van der Waals surface area contributed by atoms with E-state index in [0.717, 1.165) is 25.0 Å². The summed E-state index contributed by atoms with van der Waals surface area (Å²) < 4.78 is 17.1. The molecule has 1 atom stereocenters. The van der Waals surface area contributed by atoms with Gasteiger partial charge in [0.05, 0.1) is 18.3 Å². The smallest absolute Gasteiger partial charge is 0.345 e. The number of hydrogen-bond donors (Lipinski definition) is 0. The molecular weight excluding hydrogens is 438 g/mol. The van der Waals surface area contributed by atoms with Crippen LogP contribution in [0.4, 0.5) is 0 Å². The van der Waals surface area contributed by atoms with Crippen molar-refractivity contribution in [3.8, 4) is 17.4 Å². The van der Waals surface area contributed by atoms with Crippen molar-refractivity contribution in [3.05, 3.63) is 48.2 Å². The molecule has 0 aliphatic carbocycles. The third-order valence-electron chi connectivity index (χ3n) is 6.06. The van der Waals surface area contributed by atoms with Gasteiger partial charge in [0, 0.05) is 12.3 Å². The molecule has 0 bridgehead atoms. The zero-order chi connectivity index (χ0) is 25.1. The second kappa shape index (κ2) is 17.8. The first-order chi connectivity index (χ1) is 17.1. The maximum atomic E-state index is 12.5. The molecule has 1 aromatic carbocycles. The Hall–Kier alpha value is -2.56. The maximum absolute atomic E-state index is 12.5. The Balaban J connectivity index is 1.66. The Morgan fingerprint density at radius 3 is 2.00 bits per heavy atom.